The maximum Gasteiger partial charge on any atom is 0.187 e. The molecule has 45 heavy (non-hydrogen) atoms. The van der Waals surface area contributed by atoms with E-state index in [1.165, 1.54) is 5.57 Å². The molecule has 4 aliphatic carbocycles. The molecule has 0 bridgehead atoms. The molecule has 0 aromatic rings. The number of aliphatic hydroxyl groups excluding tert-OH is 7. The van der Waals surface area contributed by atoms with Crippen LogP contribution in [0.4, 0.5) is 0 Å². The number of hydrogen-bond acceptors (Lipinski definition) is 9. The Morgan fingerprint density at radius 1 is 0.889 bits per heavy atom. The lowest BCUT2D eigenvalue weighted by Crippen LogP contribution is -2.70. The van der Waals surface area contributed by atoms with Gasteiger partial charge in [0.15, 0.2) is 6.29 Å². The number of fused-ring (bicyclic) bond motifs is 5. The largest absolute Gasteiger partial charge is 0.394 e. The van der Waals surface area contributed by atoms with Crippen molar-refractivity contribution in [3.63, 3.8) is 0 Å². The highest BCUT2D eigenvalue weighted by Crippen LogP contribution is 2.76. The van der Waals surface area contributed by atoms with Gasteiger partial charge in [0, 0.05) is 0 Å². The molecule has 0 radical (unpaired) electrons. The molecule has 1 aliphatic heterocycles. The van der Waals surface area contributed by atoms with Gasteiger partial charge in [-0.1, -0.05) is 46.3 Å². The van der Waals surface area contributed by atoms with Crippen molar-refractivity contribution in [2.24, 2.45) is 45.3 Å². The minimum absolute atomic E-state index is 0.0692. The Morgan fingerprint density at radius 2 is 1.56 bits per heavy atom. The smallest absolute Gasteiger partial charge is 0.187 e. The standard InChI is InChI=1S/C36H62O9/c1-19(2)10-9-13-36(8,45-31-29(43)28(42)27(41)23(18-37)44-31)20-11-15-34(6)26(20)21(38)16-24-33(5)14-12-25(40)32(3,4)30(33)22(39)17-35(24,34)7/h10,20-31,37-43H,9,11-18H2,1-8H3/t20-,21+,22+,23-,24-,25-,26-,27-,28+,29-,30-,31+,33+,34-,35+,36+/m1/s1. The number of rotatable bonds is 7. The summed E-state index contributed by atoms with van der Waals surface area (Å²) in [7, 11) is 0. The highest BCUT2D eigenvalue weighted by Gasteiger charge is 2.73. The summed E-state index contributed by atoms with van der Waals surface area (Å²) in [5, 5.41) is 76.9. The van der Waals surface area contributed by atoms with Gasteiger partial charge in [-0.2, -0.15) is 0 Å². The Kier molecular flexibility index (Phi) is 9.56. The lowest BCUT2D eigenvalue weighted by Gasteiger charge is -2.71. The Balaban J connectivity index is 1.51. The van der Waals surface area contributed by atoms with Crippen LogP contribution < -0.4 is 0 Å². The predicted molar refractivity (Wildman–Crippen MR) is 170 cm³/mol. The van der Waals surface area contributed by atoms with E-state index in [1.54, 1.807) is 0 Å². The van der Waals surface area contributed by atoms with Crippen molar-refractivity contribution in [3.05, 3.63) is 11.6 Å². The summed E-state index contributed by atoms with van der Waals surface area (Å²) in [5.41, 5.74) is -0.944. The number of ether oxygens (including phenoxy) is 2. The quantitative estimate of drug-likeness (QED) is 0.208. The fourth-order valence-electron chi connectivity index (χ4n) is 12.0. The van der Waals surface area contributed by atoms with E-state index in [4.69, 9.17) is 9.47 Å². The lowest BCUT2D eigenvalue weighted by atomic mass is 9.34. The fourth-order valence-corrected chi connectivity index (χ4v) is 12.0. The van der Waals surface area contributed by atoms with E-state index < -0.39 is 66.6 Å². The molecule has 1 saturated heterocycles. The molecule has 1 heterocycles. The number of hydrogen-bond donors (Lipinski definition) is 7. The second-order valence-corrected chi connectivity index (χ2v) is 17.4. The summed E-state index contributed by atoms with van der Waals surface area (Å²) in [6.45, 7) is 16.7. The topological polar surface area (TPSA) is 160 Å². The van der Waals surface area contributed by atoms with Gasteiger partial charge in [0.2, 0.25) is 0 Å². The van der Waals surface area contributed by atoms with Crippen LogP contribution in [0.5, 0.6) is 0 Å². The Morgan fingerprint density at radius 3 is 2.18 bits per heavy atom. The molecular weight excluding hydrogens is 576 g/mol. The first kappa shape index (κ1) is 35.7. The molecule has 5 rings (SSSR count). The van der Waals surface area contributed by atoms with Crippen molar-refractivity contribution in [1.29, 1.82) is 0 Å². The zero-order valence-electron chi connectivity index (χ0n) is 28.8. The van der Waals surface area contributed by atoms with Crippen LogP contribution in [0.3, 0.4) is 0 Å². The summed E-state index contributed by atoms with van der Waals surface area (Å²) in [6, 6.07) is 0. The van der Waals surface area contributed by atoms with Gasteiger partial charge in [-0.05, 0) is 117 Å². The number of aliphatic hydroxyl groups is 7. The summed E-state index contributed by atoms with van der Waals surface area (Å²) >= 11 is 0. The van der Waals surface area contributed by atoms with Gasteiger partial charge >= 0.3 is 0 Å². The first-order chi connectivity index (χ1) is 20.8. The van der Waals surface area contributed by atoms with Crippen LogP contribution >= 0.6 is 0 Å². The predicted octanol–water partition coefficient (Wildman–Crippen LogP) is 3.30. The first-order valence-electron chi connectivity index (χ1n) is 17.4. The van der Waals surface area contributed by atoms with E-state index >= 15 is 0 Å². The molecule has 4 saturated carbocycles. The van der Waals surface area contributed by atoms with Crippen molar-refractivity contribution in [2.45, 2.75) is 161 Å². The Labute approximate surface area is 270 Å². The van der Waals surface area contributed by atoms with Gasteiger partial charge in [0.1, 0.15) is 24.4 Å². The van der Waals surface area contributed by atoms with Gasteiger partial charge in [0.05, 0.1) is 30.5 Å². The molecule has 0 unspecified atom stereocenters. The lowest BCUT2D eigenvalue weighted by molar-refractivity contribution is -0.336. The maximum absolute atomic E-state index is 12.2. The highest BCUT2D eigenvalue weighted by molar-refractivity contribution is 5.21. The molecule has 16 atom stereocenters. The number of allylic oxidation sites excluding steroid dienone is 2. The molecule has 260 valence electrons. The van der Waals surface area contributed by atoms with E-state index in [1.807, 2.05) is 20.8 Å². The Hall–Kier alpha value is -0.620. The summed E-state index contributed by atoms with van der Waals surface area (Å²) < 4.78 is 12.6. The molecule has 0 amide bonds. The molecule has 9 heteroatoms. The summed E-state index contributed by atoms with van der Waals surface area (Å²) in [6.07, 6.45) is -0.678. The van der Waals surface area contributed by atoms with Crippen LogP contribution in [0.2, 0.25) is 0 Å². The average molecular weight is 639 g/mol. The molecule has 0 spiro atoms. The third-order valence-corrected chi connectivity index (χ3v) is 14.5. The van der Waals surface area contributed by atoms with Crippen molar-refractivity contribution in [1.82, 2.24) is 0 Å². The van der Waals surface area contributed by atoms with Crippen LogP contribution in [0, 0.1) is 45.3 Å². The van der Waals surface area contributed by atoms with E-state index in [0.29, 0.717) is 32.1 Å². The highest BCUT2D eigenvalue weighted by atomic mass is 16.7. The second kappa shape index (κ2) is 12.1. The van der Waals surface area contributed by atoms with E-state index in [9.17, 15) is 35.7 Å². The van der Waals surface area contributed by atoms with Crippen LogP contribution in [-0.2, 0) is 9.47 Å². The van der Waals surface area contributed by atoms with Crippen LogP contribution in [0.15, 0.2) is 11.6 Å². The van der Waals surface area contributed by atoms with Gasteiger partial charge in [0.25, 0.3) is 0 Å². The van der Waals surface area contributed by atoms with Crippen molar-refractivity contribution in [3.8, 4) is 0 Å². The fraction of sp³-hybridized carbons (Fsp3) is 0.944. The second-order valence-electron chi connectivity index (χ2n) is 17.4. The molecule has 5 fully saturated rings. The van der Waals surface area contributed by atoms with Crippen molar-refractivity contribution in [2.75, 3.05) is 6.61 Å². The monoisotopic (exact) mass is 638 g/mol. The molecule has 0 aromatic carbocycles. The third kappa shape index (κ3) is 5.39. The molecular formula is C36H62O9. The van der Waals surface area contributed by atoms with Gasteiger partial charge in [-0.3, -0.25) is 0 Å². The third-order valence-electron chi connectivity index (χ3n) is 14.5. The van der Waals surface area contributed by atoms with Crippen molar-refractivity contribution >= 4 is 0 Å². The van der Waals surface area contributed by atoms with Gasteiger partial charge in [-0.25, -0.2) is 0 Å². The molecule has 0 aromatic heterocycles. The molecule has 5 aliphatic rings. The maximum atomic E-state index is 12.2. The summed E-state index contributed by atoms with van der Waals surface area (Å²) in [5.74, 6) is -0.154. The summed E-state index contributed by atoms with van der Waals surface area (Å²) in [4.78, 5) is 0. The minimum atomic E-state index is -1.53. The van der Waals surface area contributed by atoms with Crippen LogP contribution in [0.1, 0.15) is 107 Å². The molecule has 9 nitrogen and oxygen atoms in total. The van der Waals surface area contributed by atoms with E-state index in [-0.39, 0.29) is 39.9 Å². The SMILES string of the molecule is CC(C)=CCC[C@](C)(O[C@@H]1O[C@H](CO)[C@@H](O)[C@H](O)[C@H]1O)[C@@H]1CC[C@]2(C)[C@H]1[C@@H](O)C[C@@H]1[C@]3(C)CC[C@@H](O)C(C)(C)[C@H]3[C@@H](O)C[C@@]12C. The first-order valence-corrected chi connectivity index (χ1v) is 17.4. The normalized spacial score (nSPS) is 52.2. The van der Waals surface area contributed by atoms with E-state index in [0.717, 1.165) is 19.3 Å². The van der Waals surface area contributed by atoms with E-state index in [2.05, 4.69) is 40.7 Å². The van der Waals surface area contributed by atoms with Gasteiger partial charge in [-0.15, -0.1) is 0 Å². The minimum Gasteiger partial charge on any atom is -0.394 e. The van der Waals surface area contributed by atoms with Gasteiger partial charge < -0.3 is 45.2 Å². The van der Waals surface area contributed by atoms with Crippen LogP contribution in [0.25, 0.3) is 0 Å². The Bertz CT molecular complexity index is 1110. The van der Waals surface area contributed by atoms with Crippen LogP contribution in [-0.4, -0.2) is 97.0 Å². The molecule has 7 N–H and O–H groups in total. The zero-order chi connectivity index (χ0) is 33.5. The average Bonchev–Trinajstić information content (AvgIpc) is 3.33. The van der Waals surface area contributed by atoms with Crippen molar-refractivity contribution < 1.29 is 45.2 Å². The zero-order valence-corrected chi connectivity index (χ0v) is 28.8.